The van der Waals surface area contributed by atoms with E-state index >= 15 is 0 Å². The fourth-order valence-corrected chi connectivity index (χ4v) is 3.79. The van der Waals surface area contributed by atoms with Gasteiger partial charge in [0.15, 0.2) is 0 Å². The Kier molecular flexibility index (Phi) is 3.38. The van der Waals surface area contributed by atoms with E-state index in [0.29, 0.717) is 0 Å². The molecule has 2 nitrogen and oxygen atoms in total. The van der Waals surface area contributed by atoms with Gasteiger partial charge < -0.3 is 4.90 Å². The SMILES string of the molecule is Cc1ccc(C(=O)N2CCc3sccc3C2C)cc1C. The third-order valence-corrected chi connectivity index (χ3v) is 5.29. The topological polar surface area (TPSA) is 20.3 Å². The molecule has 0 N–H and O–H groups in total. The average Bonchev–Trinajstić information content (AvgIpc) is 2.91. The molecule has 1 atom stereocenters. The van der Waals surface area contributed by atoms with Gasteiger partial charge in [-0.25, -0.2) is 0 Å². The predicted octanol–water partition coefficient (Wildman–Crippen LogP) is 4.12. The van der Waals surface area contributed by atoms with E-state index in [1.165, 1.54) is 21.6 Å². The van der Waals surface area contributed by atoms with Crippen molar-refractivity contribution in [3.63, 3.8) is 0 Å². The van der Waals surface area contributed by atoms with Crippen molar-refractivity contribution in [1.82, 2.24) is 4.90 Å². The van der Waals surface area contributed by atoms with Crippen LogP contribution in [-0.4, -0.2) is 17.4 Å². The van der Waals surface area contributed by atoms with Gasteiger partial charge >= 0.3 is 0 Å². The molecule has 104 valence electrons. The molecule has 1 aromatic heterocycles. The number of benzene rings is 1. The van der Waals surface area contributed by atoms with Gasteiger partial charge in [-0.1, -0.05) is 6.07 Å². The summed E-state index contributed by atoms with van der Waals surface area (Å²) in [6.07, 6.45) is 0.980. The van der Waals surface area contributed by atoms with Crippen LogP contribution in [-0.2, 0) is 6.42 Å². The molecular formula is C17H19NOS. The Morgan fingerprint density at radius 2 is 2.05 bits per heavy atom. The second-order valence-corrected chi connectivity index (χ2v) is 6.52. The molecule has 3 heteroatoms. The molecule has 0 spiro atoms. The maximum Gasteiger partial charge on any atom is 0.254 e. The molecule has 0 saturated carbocycles. The number of thiophene rings is 1. The minimum Gasteiger partial charge on any atom is -0.331 e. The molecule has 2 aromatic rings. The lowest BCUT2D eigenvalue weighted by Crippen LogP contribution is -2.38. The zero-order valence-corrected chi connectivity index (χ0v) is 13.0. The summed E-state index contributed by atoms with van der Waals surface area (Å²) in [4.78, 5) is 16.2. The summed E-state index contributed by atoms with van der Waals surface area (Å²) >= 11 is 1.81. The first-order chi connectivity index (χ1) is 9.58. The summed E-state index contributed by atoms with van der Waals surface area (Å²) < 4.78 is 0. The Morgan fingerprint density at radius 3 is 2.80 bits per heavy atom. The maximum absolute atomic E-state index is 12.7. The van der Waals surface area contributed by atoms with Crippen LogP contribution in [0, 0.1) is 13.8 Å². The van der Waals surface area contributed by atoms with Crippen LogP contribution < -0.4 is 0 Å². The molecule has 1 aromatic carbocycles. The van der Waals surface area contributed by atoms with E-state index in [1.54, 1.807) is 11.3 Å². The molecule has 1 unspecified atom stereocenters. The lowest BCUT2D eigenvalue weighted by molar-refractivity contribution is 0.0679. The lowest BCUT2D eigenvalue weighted by atomic mass is 9.99. The maximum atomic E-state index is 12.7. The predicted molar refractivity (Wildman–Crippen MR) is 83.4 cm³/mol. The highest BCUT2D eigenvalue weighted by molar-refractivity contribution is 7.10. The van der Waals surface area contributed by atoms with Crippen molar-refractivity contribution in [1.29, 1.82) is 0 Å². The monoisotopic (exact) mass is 285 g/mol. The van der Waals surface area contributed by atoms with Gasteiger partial charge in [0, 0.05) is 17.0 Å². The summed E-state index contributed by atoms with van der Waals surface area (Å²) in [6.45, 7) is 7.08. The zero-order valence-electron chi connectivity index (χ0n) is 12.1. The Balaban J connectivity index is 1.90. The van der Waals surface area contributed by atoms with Crippen molar-refractivity contribution in [3.05, 3.63) is 56.8 Å². The molecule has 0 aliphatic carbocycles. The van der Waals surface area contributed by atoms with Crippen molar-refractivity contribution in [2.75, 3.05) is 6.54 Å². The smallest absolute Gasteiger partial charge is 0.254 e. The zero-order chi connectivity index (χ0) is 14.3. The summed E-state index contributed by atoms with van der Waals surface area (Å²) in [5, 5.41) is 2.13. The summed E-state index contributed by atoms with van der Waals surface area (Å²) in [5.41, 5.74) is 4.53. The van der Waals surface area contributed by atoms with Crippen LogP contribution >= 0.6 is 11.3 Å². The molecule has 1 aliphatic rings. The Labute approximate surface area is 124 Å². The number of rotatable bonds is 1. The molecule has 1 amide bonds. The van der Waals surface area contributed by atoms with Crippen LogP contribution in [0.15, 0.2) is 29.6 Å². The Morgan fingerprint density at radius 1 is 1.25 bits per heavy atom. The van der Waals surface area contributed by atoms with Gasteiger partial charge in [-0.3, -0.25) is 4.79 Å². The standard InChI is InChI=1S/C17H19NOS/c1-11-4-5-14(10-12(11)2)17(19)18-8-6-16-15(13(18)3)7-9-20-16/h4-5,7,9-10,13H,6,8H2,1-3H3. The molecule has 0 saturated heterocycles. The number of nitrogens with zero attached hydrogens (tertiary/aromatic N) is 1. The van der Waals surface area contributed by atoms with E-state index in [9.17, 15) is 4.79 Å². The van der Waals surface area contributed by atoms with Crippen LogP contribution in [0.3, 0.4) is 0 Å². The summed E-state index contributed by atoms with van der Waals surface area (Å²) in [7, 11) is 0. The molecule has 2 heterocycles. The molecule has 0 fully saturated rings. The van der Waals surface area contributed by atoms with Crippen LogP contribution in [0.5, 0.6) is 0 Å². The van der Waals surface area contributed by atoms with Crippen molar-refractivity contribution >= 4 is 17.2 Å². The fourth-order valence-electron chi connectivity index (χ4n) is 2.83. The van der Waals surface area contributed by atoms with E-state index in [1.807, 2.05) is 23.1 Å². The highest BCUT2D eigenvalue weighted by atomic mass is 32.1. The number of carbonyl (C=O) groups is 1. The van der Waals surface area contributed by atoms with Gasteiger partial charge in [-0.05, 0) is 67.5 Å². The van der Waals surface area contributed by atoms with Crippen molar-refractivity contribution in [3.8, 4) is 0 Å². The highest BCUT2D eigenvalue weighted by Crippen LogP contribution is 2.33. The first-order valence-corrected chi connectivity index (χ1v) is 7.90. The minimum absolute atomic E-state index is 0.150. The van der Waals surface area contributed by atoms with E-state index in [4.69, 9.17) is 0 Å². The Bertz CT molecular complexity index is 659. The lowest BCUT2D eigenvalue weighted by Gasteiger charge is -2.33. The number of hydrogen-bond donors (Lipinski definition) is 0. The summed E-state index contributed by atoms with van der Waals surface area (Å²) in [6, 6.07) is 8.32. The van der Waals surface area contributed by atoms with E-state index in [2.05, 4.69) is 32.2 Å². The van der Waals surface area contributed by atoms with Crippen LogP contribution in [0.25, 0.3) is 0 Å². The molecule has 0 bridgehead atoms. The van der Waals surface area contributed by atoms with Crippen LogP contribution in [0.2, 0.25) is 0 Å². The van der Waals surface area contributed by atoms with E-state index in [-0.39, 0.29) is 11.9 Å². The first kappa shape index (κ1) is 13.4. The average molecular weight is 285 g/mol. The second-order valence-electron chi connectivity index (χ2n) is 5.52. The molecule has 0 radical (unpaired) electrons. The molecule has 20 heavy (non-hydrogen) atoms. The number of hydrogen-bond acceptors (Lipinski definition) is 2. The van der Waals surface area contributed by atoms with Crippen LogP contribution in [0.1, 0.15) is 44.9 Å². The van der Waals surface area contributed by atoms with Gasteiger partial charge in [-0.15, -0.1) is 11.3 Å². The molecule has 3 rings (SSSR count). The number of aryl methyl sites for hydroxylation is 2. The largest absolute Gasteiger partial charge is 0.331 e. The molecular weight excluding hydrogens is 266 g/mol. The second kappa shape index (κ2) is 5.06. The number of carbonyl (C=O) groups excluding carboxylic acids is 1. The van der Waals surface area contributed by atoms with E-state index in [0.717, 1.165) is 18.5 Å². The third-order valence-electron chi connectivity index (χ3n) is 4.29. The van der Waals surface area contributed by atoms with Gasteiger partial charge in [-0.2, -0.15) is 0 Å². The third kappa shape index (κ3) is 2.16. The number of fused-ring (bicyclic) bond motifs is 1. The van der Waals surface area contributed by atoms with Crippen LogP contribution in [0.4, 0.5) is 0 Å². The van der Waals surface area contributed by atoms with Gasteiger partial charge in [0.2, 0.25) is 0 Å². The normalized spacial score (nSPS) is 17.9. The van der Waals surface area contributed by atoms with Gasteiger partial charge in [0.1, 0.15) is 0 Å². The highest BCUT2D eigenvalue weighted by Gasteiger charge is 2.28. The quantitative estimate of drug-likeness (QED) is 0.771. The molecule has 1 aliphatic heterocycles. The van der Waals surface area contributed by atoms with Crippen molar-refractivity contribution in [2.45, 2.75) is 33.2 Å². The first-order valence-electron chi connectivity index (χ1n) is 7.02. The van der Waals surface area contributed by atoms with Gasteiger partial charge in [0.05, 0.1) is 6.04 Å². The Hall–Kier alpha value is -1.61. The summed E-state index contributed by atoms with van der Waals surface area (Å²) in [5.74, 6) is 0.150. The van der Waals surface area contributed by atoms with Gasteiger partial charge in [0.25, 0.3) is 5.91 Å². The van der Waals surface area contributed by atoms with E-state index < -0.39 is 0 Å². The van der Waals surface area contributed by atoms with Crippen molar-refractivity contribution < 1.29 is 4.79 Å². The van der Waals surface area contributed by atoms with Crippen molar-refractivity contribution in [2.24, 2.45) is 0 Å². The fraction of sp³-hybridized carbons (Fsp3) is 0.353. The number of amides is 1. The minimum atomic E-state index is 0.150.